The number of rotatable bonds is 4. The highest BCUT2D eigenvalue weighted by Crippen LogP contribution is 2.55. The highest BCUT2D eigenvalue weighted by molar-refractivity contribution is 7.99. The summed E-state index contributed by atoms with van der Waals surface area (Å²) < 4.78 is 0. The maximum atomic E-state index is 12.2. The van der Waals surface area contributed by atoms with Gasteiger partial charge in [0.15, 0.2) is 5.82 Å². The average molecular weight is 504 g/mol. The van der Waals surface area contributed by atoms with Crippen molar-refractivity contribution in [1.29, 1.82) is 0 Å². The summed E-state index contributed by atoms with van der Waals surface area (Å²) in [7, 11) is 1.94. The summed E-state index contributed by atoms with van der Waals surface area (Å²) in [4.78, 5) is 30.4. The summed E-state index contributed by atoms with van der Waals surface area (Å²) in [5.41, 5.74) is 13.0. The quantitative estimate of drug-likeness (QED) is 0.574. The number of aliphatic hydroxyl groups excluding tert-OH is 1. The lowest BCUT2D eigenvalue weighted by atomic mass is 9.73. The molecule has 182 valence electrons. The minimum Gasteiger partial charge on any atom is -0.390 e. The van der Waals surface area contributed by atoms with Crippen molar-refractivity contribution in [3.8, 4) is 0 Å². The number of aromatic nitrogens is 3. The number of anilines is 2. The van der Waals surface area contributed by atoms with E-state index in [4.69, 9.17) is 23.1 Å². The standard InChI is InChI=1S/C23H30ClN7O2S/c1-30-18(33)2-4-23(30)10-16(25)22(13-23)5-8-31(9-6-22)21-14(12-32)29-17(11-28-21)34-15-3-7-27-20(26)19(15)24/h3,7,11,16,32H,2,4-6,8-10,12-13,25H2,1H3,(H2,26,27). The molecule has 3 fully saturated rings. The summed E-state index contributed by atoms with van der Waals surface area (Å²) >= 11 is 7.59. The Labute approximate surface area is 208 Å². The van der Waals surface area contributed by atoms with E-state index in [1.807, 2.05) is 11.9 Å². The second kappa shape index (κ2) is 8.82. The lowest BCUT2D eigenvalue weighted by Crippen LogP contribution is -2.47. The molecule has 5 rings (SSSR count). The molecule has 2 unspecified atom stereocenters. The minimum absolute atomic E-state index is 0.0377. The zero-order chi connectivity index (χ0) is 24.1. The van der Waals surface area contributed by atoms with Gasteiger partial charge in [0.1, 0.15) is 16.5 Å². The third-order valence-electron chi connectivity index (χ3n) is 8.06. The third-order valence-corrected chi connectivity index (χ3v) is 9.54. The van der Waals surface area contributed by atoms with Crippen molar-refractivity contribution in [3.63, 3.8) is 0 Å². The van der Waals surface area contributed by atoms with Gasteiger partial charge in [-0.05, 0) is 43.6 Å². The Kier molecular flexibility index (Phi) is 6.12. The van der Waals surface area contributed by atoms with Crippen LogP contribution in [0.25, 0.3) is 0 Å². The molecular weight excluding hydrogens is 474 g/mol. The Morgan fingerprint density at radius 2 is 2.06 bits per heavy atom. The van der Waals surface area contributed by atoms with E-state index in [2.05, 4.69) is 19.9 Å². The molecule has 2 atom stereocenters. The highest BCUT2D eigenvalue weighted by Gasteiger charge is 2.58. The van der Waals surface area contributed by atoms with Crippen LogP contribution in [0.3, 0.4) is 0 Å². The molecule has 5 N–H and O–H groups in total. The number of piperidine rings is 1. The van der Waals surface area contributed by atoms with Crippen LogP contribution in [-0.4, -0.2) is 62.6 Å². The number of nitrogens with two attached hydrogens (primary N) is 2. The third kappa shape index (κ3) is 3.90. The maximum absolute atomic E-state index is 12.2. The first-order chi connectivity index (χ1) is 16.3. The van der Waals surface area contributed by atoms with E-state index in [1.54, 1.807) is 18.5 Å². The number of pyridine rings is 1. The number of amides is 1. The molecule has 2 saturated heterocycles. The normalized spacial score (nSPS) is 26.2. The van der Waals surface area contributed by atoms with Gasteiger partial charge in [-0.3, -0.25) is 4.79 Å². The molecule has 2 aromatic rings. The van der Waals surface area contributed by atoms with Gasteiger partial charge in [0.2, 0.25) is 5.91 Å². The number of nitrogens with zero attached hydrogens (tertiary/aromatic N) is 5. The lowest BCUT2D eigenvalue weighted by molar-refractivity contribution is -0.129. The monoisotopic (exact) mass is 503 g/mol. The fourth-order valence-electron chi connectivity index (χ4n) is 6.04. The smallest absolute Gasteiger partial charge is 0.222 e. The van der Waals surface area contributed by atoms with Gasteiger partial charge in [0.25, 0.3) is 0 Å². The molecule has 0 aromatic carbocycles. The van der Waals surface area contributed by atoms with Crippen molar-refractivity contribution < 1.29 is 9.90 Å². The Morgan fingerprint density at radius 1 is 1.29 bits per heavy atom. The Morgan fingerprint density at radius 3 is 2.74 bits per heavy atom. The van der Waals surface area contributed by atoms with Crippen LogP contribution in [0.1, 0.15) is 44.2 Å². The second-order valence-corrected chi connectivity index (χ2v) is 11.2. The first-order valence-corrected chi connectivity index (χ1v) is 12.8. The summed E-state index contributed by atoms with van der Waals surface area (Å²) in [6.07, 6.45) is 8.56. The predicted molar refractivity (Wildman–Crippen MR) is 132 cm³/mol. The maximum Gasteiger partial charge on any atom is 0.222 e. The van der Waals surface area contributed by atoms with E-state index in [0.717, 1.165) is 50.1 Å². The number of hydrogen-bond acceptors (Lipinski definition) is 9. The van der Waals surface area contributed by atoms with Crippen LogP contribution in [0.15, 0.2) is 28.4 Å². The number of halogens is 1. The van der Waals surface area contributed by atoms with Crippen LogP contribution in [0.5, 0.6) is 0 Å². The van der Waals surface area contributed by atoms with E-state index in [0.29, 0.717) is 28.0 Å². The first kappa shape index (κ1) is 23.6. The second-order valence-electron chi connectivity index (χ2n) is 9.76. The van der Waals surface area contributed by atoms with E-state index in [-0.39, 0.29) is 35.3 Å². The van der Waals surface area contributed by atoms with Crippen molar-refractivity contribution in [2.75, 3.05) is 30.8 Å². The molecule has 2 aliphatic heterocycles. The molecule has 9 nitrogen and oxygen atoms in total. The van der Waals surface area contributed by atoms with Gasteiger partial charge in [0.05, 0.1) is 17.8 Å². The number of nitrogen functional groups attached to an aromatic ring is 1. The molecule has 0 bridgehead atoms. The van der Waals surface area contributed by atoms with Crippen molar-refractivity contribution in [2.45, 2.75) is 66.6 Å². The van der Waals surface area contributed by atoms with Gasteiger partial charge in [-0.15, -0.1) is 0 Å². The van der Waals surface area contributed by atoms with Crippen LogP contribution in [-0.2, 0) is 11.4 Å². The summed E-state index contributed by atoms with van der Waals surface area (Å²) in [6.45, 7) is 1.38. The fraction of sp³-hybridized carbons (Fsp3) is 0.565. The van der Waals surface area contributed by atoms with E-state index < -0.39 is 0 Å². The lowest BCUT2D eigenvalue weighted by Gasteiger charge is -2.43. The van der Waals surface area contributed by atoms with Crippen LogP contribution in [0, 0.1) is 5.41 Å². The number of likely N-dealkylation sites (tertiary alicyclic amines) is 1. The van der Waals surface area contributed by atoms with Crippen molar-refractivity contribution >= 4 is 40.9 Å². The van der Waals surface area contributed by atoms with Crippen LogP contribution >= 0.6 is 23.4 Å². The van der Waals surface area contributed by atoms with Gasteiger partial charge in [-0.1, -0.05) is 23.4 Å². The van der Waals surface area contributed by atoms with Crippen LogP contribution < -0.4 is 16.4 Å². The number of aliphatic hydroxyl groups is 1. The van der Waals surface area contributed by atoms with Gasteiger partial charge < -0.3 is 26.4 Å². The largest absolute Gasteiger partial charge is 0.390 e. The fourth-order valence-corrected chi connectivity index (χ4v) is 7.07. The Balaban J connectivity index is 1.30. The average Bonchev–Trinajstić information content (AvgIpc) is 3.27. The summed E-state index contributed by atoms with van der Waals surface area (Å²) in [5, 5.41) is 11.0. The zero-order valence-corrected chi connectivity index (χ0v) is 20.8. The van der Waals surface area contributed by atoms with Gasteiger partial charge in [-0.2, -0.15) is 0 Å². The molecule has 1 saturated carbocycles. The molecule has 11 heteroatoms. The van der Waals surface area contributed by atoms with E-state index in [1.165, 1.54) is 11.8 Å². The predicted octanol–water partition coefficient (Wildman–Crippen LogP) is 2.45. The first-order valence-electron chi connectivity index (χ1n) is 11.6. The molecule has 3 aliphatic rings. The molecule has 4 heterocycles. The molecular formula is C23H30ClN7O2S. The summed E-state index contributed by atoms with van der Waals surface area (Å²) in [5.74, 6) is 1.20. The molecule has 0 radical (unpaired) electrons. The molecule has 2 aromatic heterocycles. The van der Waals surface area contributed by atoms with E-state index in [9.17, 15) is 9.90 Å². The number of carbonyl (C=O) groups excluding carboxylic acids is 1. The topological polar surface area (TPSA) is 134 Å². The molecule has 34 heavy (non-hydrogen) atoms. The zero-order valence-electron chi connectivity index (χ0n) is 19.2. The minimum atomic E-state index is -0.208. The van der Waals surface area contributed by atoms with Crippen LogP contribution in [0.2, 0.25) is 5.02 Å². The Bertz CT molecular complexity index is 1110. The van der Waals surface area contributed by atoms with Crippen molar-refractivity contribution in [1.82, 2.24) is 19.9 Å². The molecule has 2 spiro atoms. The summed E-state index contributed by atoms with van der Waals surface area (Å²) in [6, 6.07) is 1.86. The van der Waals surface area contributed by atoms with E-state index >= 15 is 0 Å². The number of carbonyl (C=O) groups is 1. The van der Waals surface area contributed by atoms with Crippen LogP contribution in [0.4, 0.5) is 11.6 Å². The molecule has 1 aliphatic carbocycles. The Hall–Kier alpha value is -2.14. The van der Waals surface area contributed by atoms with Crippen molar-refractivity contribution in [3.05, 3.63) is 29.2 Å². The van der Waals surface area contributed by atoms with Gasteiger partial charge in [-0.25, -0.2) is 15.0 Å². The SMILES string of the molecule is CN1C(=O)CCC12CC(N)C1(CCN(c3ncc(Sc4ccnc(N)c4Cl)nc3CO)CC1)C2. The van der Waals surface area contributed by atoms with Gasteiger partial charge >= 0.3 is 0 Å². The molecule has 1 amide bonds. The van der Waals surface area contributed by atoms with Gasteiger partial charge in [0, 0.05) is 49.2 Å². The number of hydrogen-bond donors (Lipinski definition) is 3. The van der Waals surface area contributed by atoms with Crippen molar-refractivity contribution in [2.24, 2.45) is 11.1 Å². The highest BCUT2D eigenvalue weighted by atomic mass is 35.5.